The Morgan fingerprint density at radius 2 is 2.26 bits per heavy atom. The number of hydrogen-bond donors (Lipinski definition) is 3. The number of imidazole rings is 1. The number of nitrogens with zero attached hydrogens (tertiary/aromatic N) is 3. The molecular formula is C15H16N6OS. The van der Waals surface area contributed by atoms with E-state index in [2.05, 4.69) is 26.1 Å². The highest BCUT2D eigenvalue weighted by atomic mass is 32.1. The minimum atomic E-state index is -0.0931. The predicted octanol–water partition coefficient (Wildman–Crippen LogP) is 1.01. The van der Waals surface area contributed by atoms with Crippen LogP contribution in [0, 0.1) is 0 Å². The van der Waals surface area contributed by atoms with Crippen molar-refractivity contribution in [1.29, 1.82) is 0 Å². The molecule has 3 N–H and O–H groups in total. The third-order valence-electron chi connectivity index (χ3n) is 3.83. The minimum Gasteiger partial charge on any atom is -0.339 e. The first-order valence-corrected chi connectivity index (χ1v) is 8.27. The molecule has 0 radical (unpaired) electrons. The zero-order valence-electron chi connectivity index (χ0n) is 12.3. The number of fused-ring (bicyclic) bond motifs is 1. The fourth-order valence-electron chi connectivity index (χ4n) is 2.74. The zero-order valence-corrected chi connectivity index (χ0v) is 13.1. The van der Waals surface area contributed by atoms with E-state index in [-0.39, 0.29) is 24.5 Å². The van der Waals surface area contributed by atoms with Crippen LogP contribution in [0.5, 0.6) is 0 Å². The molecule has 118 valence electrons. The lowest BCUT2D eigenvalue weighted by Gasteiger charge is -2.11. The molecule has 0 aliphatic carbocycles. The molecule has 0 bridgehead atoms. The molecule has 0 aromatic carbocycles. The highest BCUT2D eigenvalue weighted by Crippen LogP contribution is 2.20. The molecule has 1 saturated heterocycles. The quantitative estimate of drug-likeness (QED) is 0.666. The summed E-state index contributed by atoms with van der Waals surface area (Å²) in [5, 5.41) is 4.96. The number of hydrogen-bond acceptors (Lipinski definition) is 6. The molecule has 3 aromatic heterocycles. The van der Waals surface area contributed by atoms with Gasteiger partial charge >= 0.3 is 0 Å². The predicted molar refractivity (Wildman–Crippen MR) is 86.6 cm³/mol. The van der Waals surface area contributed by atoms with E-state index in [1.807, 2.05) is 34.3 Å². The van der Waals surface area contributed by atoms with Crippen LogP contribution >= 0.6 is 11.3 Å². The molecule has 3 aromatic rings. The number of rotatable bonds is 4. The van der Waals surface area contributed by atoms with Gasteiger partial charge in [-0.05, 0) is 17.7 Å². The molecule has 1 aliphatic heterocycles. The fraction of sp³-hybridized carbons (Fsp3) is 0.267. The lowest BCUT2D eigenvalue weighted by Crippen LogP contribution is -2.44. The molecule has 8 heteroatoms. The third-order valence-corrected chi connectivity index (χ3v) is 4.60. The number of thiazole rings is 1. The van der Waals surface area contributed by atoms with Crippen molar-refractivity contribution in [2.24, 2.45) is 0 Å². The van der Waals surface area contributed by atoms with Crippen LogP contribution in [0.3, 0.4) is 0 Å². The minimum absolute atomic E-state index is 0.0366. The summed E-state index contributed by atoms with van der Waals surface area (Å²) in [5.41, 5.74) is 8.25. The Kier molecular flexibility index (Phi) is 3.78. The first-order valence-electron chi connectivity index (χ1n) is 7.39. The van der Waals surface area contributed by atoms with Gasteiger partial charge in [0.1, 0.15) is 0 Å². The van der Waals surface area contributed by atoms with Crippen LogP contribution in [0.15, 0.2) is 42.3 Å². The Hall–Kier alpha value is -2.29. The molecule has 7 nitrogen and oxygen atoms in total. The SMILES string of the molecule is O=C(Cc1cn2ccsc2n1)NC1CC(c2ccncc2)NN1. The first kappa shape index (κ1) is 14.3. The van der Waals surface area contributed by atoms with Crippen LogP contribution in [0.2, 0.25) is 0 Å². The van der Waals surface area contributed by atoms with Crippen LogP contribution in [0.4, 0.5) is 0 Å². The second kappa shape index (κ2) is 6.07. The van der Waals surface area contributed by atoms with Crippen molar-refractivity contribution < 1.29 is 4.79 Å². The second-order valence-corrected chi connectivity index (χ2v) is 6.35. The lowest BCUT2D eigenvalue weighted by molar-refractivity contribution is -0.121. The highest BCUT2D eigenvalue weighted by molar-refractivity contribution is 7.15. The summed E-state index contributed by atoms with van der Waals surface area (Å²) in [4.78, 5) is 21.5. The van der Waals surface area contributed by atoms with Gasteiger partial charge in [0.15, 0.2) is 4.96 Å². The molecule has 2 unspecified atom stereocenters. The van der Waals surface area contributed by atoms with E-state index in [0.29, 0.717) is 0 Å². The zero-order chi connectivity index (χ0) is 15.6. The summed E-state index contributed by atoms with van der Waals surface area (Å²) >= 11 is 1.56. The van der Waals surface area contributed by atoms with Crippen LogP contribution < -0.4 is 16.2 Å². The lowest BCUT2D eigenvalue weighted by atomic mass is 10.1. The number of amides is 1. The number of carbonyl (C=O) groups is 1. The van der Waals surface area contributed by atoms with Gasteiger partial charge in [0.05, 0.1) is 18.3 Å². The van der Waals surface area contributed by atoms with Crippen molar-refractivity contribution in [2.45, 2.75) is 25.0 Å². The van der Waals surface area contributed by atoms with Gasteiger partial charge in [-0.25, -0.2) is 15.8 Å². The Morgan fingerprint density at radius 3 is 3.09 bits per heavy atom. The number of carbonyl (C=O) groups excluding carboxylic acids is 1. The van der Waals surface area contributed by atoms with Crippen molar-refractivity contribution in [1.82, 2.24) is 30.5 Å². The molecule has 1 amide bonds. The van der Waals surface area contributed by atoms with Gasteiger partial charge < -0.3 is 5.32 Å². The monoisotopic (exact) mass is 328 g/mol. The molecule has 0 saturated carbocycles. The van der Waals surface area contributed by atoms with Crippen molar-refractivity contribution in [3.05, 3.63) is 53.6 Å². The Balaban J connectivity index is 1.33. The average Bonchev–Trinajstić information content (AvgIpc) is 3.24. The van der Waals surface area contributed by atoms with Crippen LogP contribution in [-0.4, -0.2) is 26.4 Å². The molecule has 1 fully saturated rings. The normalized spacial score (nSPS) is 20.9. The molecule has 1 aliphatic rings. The smallest absolute Gasteiger partial charge is 0.227 e. The maximum absolute atomic E-state index is 12.2. The Labute approximate surface area is 136 Å². The summed E-state index contributed by atoms with van der Waals surface area (Å²) in [5.74, 6) is -0.0366. The maximum Gasteiger partial charge on any atom is 0.227 e. The van der Waals surface area contributed by atoms with E-state index in [1.54, 1.807) is 23.7 Å². The number of nitrogens with one attached hydrogen (secondary N) is 3. The first-order chi connectivity index (χ1) is 11.3. The summed E-state index contributed by atoms with van der Waals surface area (Å²) in [6, 6.07) is 4.12. The van der Waals surface area contributed by atoms with Crippen LogP contribution in [0.1, 0.15) is 23.7 Å². The van der Waals surface area contributed by atoms with Gasteiger partial charge in [-0.15, -0.1) is 11.3 Å². The summed E-state index contributed by atoms with van der Waals surface area (Å²) in [6.45, 7) is 0. The van der Waals surface area contributed by atoms with Gasteiger partial charge in [0.2, 0.25) is 5.91 Å². The highest BCUT2D eigenvalue weighted by Gasteiger charge is 2.26. The molecule has 4 rings (SSSR count). The molecule has 2 atom stereocenters. The van der Waals surface area contributed by atoms with Gasteiger partial charge in [-0.3, -0.25) is 14.2 Å². The van der Waals surface area contributed by atoms with Crippen molar-refractivity contribution in [2.75, 3.05) is 0 Å². The number of pyridine rings is 1. The van der Waals surface area contributed by atoms with Gasteiger partial charge in [-0.1, -0.05) is 0 Å². The Bertz CT molecular complexity index is 785. The summed E-state index contributed by atoms with van der Waals surface area (Å²) in [7, 11) is 0. The van der Waals surface area contributed by atoms with E-state index in [0.717, 1.165) is 22.6 Å². The Morgan fingerprint density at radius 1 is 1.39 bits per heavy atom. The molecule has 0 spiro atoms. The number of aromatic nitrogens is 3. The fourth-order valence-corrected chi connectivity index (χ4v) is 3.45. The summed E-state index contributed by atoms with van der Waals surface area (Å²) in [6.07, 6.45) is 8.35. The molecular weight excluding hydrogens is 312 g/mol. The van der Waals surface area contributed by atoms with E-state index < -0.39 is 0 Å². The molecule has 4 heterocycles. The summed E-state index contributed by atoms with van der Waals surface area (Å²) < 4.78 is 1.93. The average molecular weight is 328 g/mol. The van der Waals surface area contributed by atoms with Crippen LogP contribution in [0.25, 0.3) is 4.96 Å². The van der Waals surface area contributed by atoms with E-state index in [9.17, 15) is 4.79 Å². The standard InChI is InChI=1S/C15H16N6OS/c22-14(7-11-9-21-5-6-23-15(21)17-11)18-13-8-12(19-20-13)10-1-3-16-4-2-10/h1-6,9,12-13,19-20H,7-8H2,(H,18,22). The topological polar surface area (TPSA) is 83.4 Å². The van der Waals surface area contributed by atoms with Gasteiger partial charge in [-0.2, -0.15) is 0 Å². The van der Waals surface area contributed by atoms with Crippen molar-refractivity contribution >= 4 is 22.2 Å². The van der Waals surface area contributed by atoms with Crippen molar-refractivity contribution in [3.63, 3.8) is 0 Å². The number of hydrazine groups is 1. The molecule has 23 heavy (non-hydrogen) atoms. The second-order valence-electron chi connectivity index (χ2n) is 5.48. The van der Waals surface area contributed by atoms with Gasteiger partial charge in [0, 0.05) is 42.6 Å². The largest absolute Gasteiger partial charge is 0.339 e. The van der Waals surface area contributed by atoms with E-state index >= 15 is 0 Å². The third kappa shape index (κ3) is 3.09. The van der Waals surface area contributed by atoms with Gasteiger partial charge in [0.25, 0.3) is 0 Å². The maximum atomic E-state index is 12.2. The van der Waals surface area contributed by atoms with E-state index in [4.69, 9.17) is 0 Å². The van der Waals surface area contributed by atoms with E-state index in [1.165, 1.54) is 0 Å². The van der Waals surface area contributed by atoms with Crippen molar-refractivity contribution in [3.8, 4) is 0 Å². The van der Waals surface area contributed by atoms with Crippen LogP contribution in [-0.2, 0) is 11.2 Å².